The second-order valence-corrected chi connectivity index (χ2v) is 36.6. The molecule has 30 rings (SSSR count). The van der Waals surface area contributed by atoms with Gasteiger partial charge in [0.25, 0.3) is 0 Å². The van der Waals surface area contributed by atoms with Crippen LogP contribution in [-0.2, 0) is 0 Å². The van der Waals surface area contributed by atoms with Gasteiger partial charge in [0, 0.05) is 173 Å². The van der Waals surface area contributed by atoms with E-state index in [-0.39, 0.29) is 0 Å². The number of fused-ring (bicyclic) bond motifs is 24. The third-order valence-electron chi connectivity index (χ3n) is 29.2. The molecule has 0 saturated heterocycles. The average molecular weight is 1790 g/mol. The Kier molecular flexibility index (Phi) is 16.7. The minimum atomic E-state index is 0.487. The monoisotopic (exact) mass is 1780 g/mol. The zero-order valence-corrected chi connectivity index (χ0v) is 75.3. The second kappa shape index (κ2) is 30.2. The number of hydrogen-bond donors (Lipinski definition) is 0. The van der Waals surface area contributed by atoms with Gasteiger partial charge >= 0.3 is 0 Å². The molecule has 0 bridgehead atoms. The van der Waals surface area contributed by atoms with Crippen molar-refractivity contribution in [2.24, 2.45) is 0 Å². The first-order valence-corrected chi connectivity index (χ1v) is 47.6. The van der Waals surface area contributed by atoms with Gasteiger partial charge in [0.05, 0.1) is 111 Å². The zero-order valence-electron chi connectivity index (χ0n) is 75.3. The topological polar surface area (TPSA) is 104 Å². The minimum Gasteiger partial charge on any atom is -0.309 e. The highest BCUT2D eigenvalue weighted by Gasteiger charge is 2.31. The first kappa shape index (κ1) is 77.3. The largest absolute Gasteiger partial charge is 0.309 e. The maximum atomic E-state index is 5.93. The molecule has 13 heteroatoms. The van der Waals surface area contributed by atoms with Crippen molar-refractivity contribution < 1.29 is 0 Å². The maximum Gasteiger partial charge on any atom is 0.164 e. The molecule has 650 valence electrons. The summed E-state index contributed by atoms with van der Waals surface area (Å²) in [6.07, 6.45) is 8.01. The smallest absolute Gasteiger partial charge is 0.164 e. The molecule has 13 nitrogen and oxygen atoms in total. The minimum absolute atomic E-state index is 0.487. The predicted octanol–water partition coefficient (Wildman–Crippen LogP) is 31.8. The molecule has 140 heavy (non-hydrogen) atoms. The molecule has 0 aliphatic carbocycles. The molecule has 0 radical (unpaired) electrons. The lowest BCUT2D eigenvalue weighted by Crippen LogP contribution is -2.05. The fourth-order valence-electron chi connectivity index (χ4n) is 23.3. The quantitative estimate of drug-likeness (QED) is 0.114. The first-order valence-electron chi connectivity index (χ1n) is 47.6. The van der Waals surface area contributed by atoms with Crippen LogP contribution in [0.1, 0.15) is 0 Å². The number of hydrogen-bond acceptors (Lipinski definition) is 5. The molecule has 0 atom stereocenters. The van der Waals surface area contributed by atoms with Crippen LogP contribution in [0.3, 0.4) is 0 Å². The molecule has 0 spiro atoms. The Morgan fingerprint density at radius 1 is 0.136 bits per heavy atom. The van der Waals surface area contributed by atoms with E-state index in [0.29, 0.717) is 17.5 Å². The van der Waals surface area contributed by atoms with Crippen molar-refractivity contribution in [1.82, 2.24) is 61.5 Å². The summed E-state index contributed by atoms with van der Waals surface area (Å²) in [5.41, 5.74) is 31.5. The summed E-state index contributed by atoms with van der Waals surface area (Å²) in [5, 5.41) is 18.5. The molecular weight excluding hydrogens is 1710 g/mol. The molecule has 0 aliphatic rings. The summed E-state index contributed by atoms with van der Waals surface area (Å²) in [6, 6.07) is 162. The number of nitrogens with zero attached hydrogens (tertiary/aromatic N) is 13. The number of para-hydroxylation sites is 12. The Hall–Kier alpha value is -19.1. The standard InChI is InChI=1S/C127H77N13/c1-6-32-78(33-7-1)125-130-126(79-58-60-93(115(66-79)139-111-56-30-22-48-91(111)101-70-97-87-44-18-26-52-107(87)135(119(97)74-123(101)139)83-38-12-4-13-39-83)103-76-128-64-62-113(103)137-109-54-28-20-46-89(109)99-68-95-85-42-16-24-50-105(85)133(117(95)72-121(99)137)81-34-8-2-9-35-81)132-127(131-125)80-59-61-94(116(67-80)140-112-57-31-23-49-92(112)102-71-98-88-45-19-27-53-108(88)136(120(98)75-124(102)140)84-40-14-5-15-41-84)104-77-129-65-63-114(104)138-110-55-29-21-47-90(110)100-69-96-86-43-17-25-51-106(86)134(118(96)73-122(100)138)82-36-10-3-11-37-82/h1-77H. The second-order valence-electron chi connectivity index (χ2n) is 36.6. The average Bonchev–Trinajstić information content (AvgIpc) is 1.56. The Morgan fingerprint density at radius 3 is 0.614 bits per heavy atom. The van der Waals surface area contributed by atoms with Crippen LogP contribution in [0.15, 0.2) is 468 Å². The Balaban J connectivity index is 0.683. The van der Waals surface area contributed by atoms with E-state index < -0.39 is 0 Å². The molecule has 0 aliphatic heterocycles. The summed E-state index contributed by atoms with van der Waals surface area (Å²) in [7, 11) is 0. The van der Waals surface area contributed by atoms with E-state index in [1.54, 1.807) is 0 Å². The Bertz CT molecular complexity index is 9900. The van der Waals surface area contributed by atoms with Gasteiger partial charge in [0.15, 0.2) is 17.5 Å². The van der Waals surface area contributed by atoms with Crippen molar-refractivity contribution in [2.45, 2.75) is 0 Å². The van der Waals surface area contributed by atoms with Crippen LogP contribution in [-0.4, -0.2) is 61.5 Å². The summed E-state index contributed by atoms with van der Waals surface area (Å²) < 4.78 is 19.6. The van der Waals surface area contributed by atoms with Gasteiger partial charge in [-0.05, 0) is 170 Å². The number of benzene rings is 19. The molecule has 11 heterocycles. The van der Waals surface area contributed by atoms with Gasteiger partial charge in [0.1, 0.15) is 0 Å². The Labute approximate surface area is 800 Å². The first-order chi connectivity index (χ1) is 69.5. The number of rotatable bonds is 13. The fraction of sp³-hybridized carbons (Fsp3) is 0. The van der Waals surface area contributed by atoms with Gasteiger partial charge < -0.3 is 36.5 Å². The van der Waals surface area contributed by atoms with E-state index in [4.69, 9.17) is 24.9 Å². The molecular formula is C127H77N13. The van der Waals surface area contributed by atoms with Crippen LogP contribution < -0.4 is 0 Å². The molecule has 11 aromatic heterocycles. The van der Waals surface area contributed by atoms with E-state index in [2.05, 4.69) is 486 Å². The lowest BCUT2D eigenvalue weighted by Gasteiger charge is -2.20. The zero-order chi connectivity index (χ0) is 91.5. The predicted molar refractivity (Wildman–Crippen MR) is 577 cm³/mol. The van der Waals surface area contributed by atoms with Gasteiger partial charge in [-0.25, -0.2) is 15.0 Å². The summed E-state index contributed by atoms with van der Waals surface area (Å²) >= 11 is 0. The van der Waals surface area contributed by atoms with E-state index in [1.165, 1.54) is 32.3 Å². The van der Waals surface area contributed by atoms with Crippen LogP contribution in [0, 0.1) is 0 Å². The third-order valence-corrected chi connectivity index (χ3v) is 29.2. The summed E-state index contributed by atoms with van der Waals surface area (Å²) in [4.78, 5) is 27.7. The van der Waals surface area contributed by atoms with Crippen LogP contribution >= 0.6 is 0 Å². The van der Waals surface area contributed by atoms with Crippen LogP contribution in [0.2, 0.25) is 0 Å². The van der Waals surface area contributed by atoms with Crippen molar-refractivity contribution in [2.75, 3.05) is 0 Å². The fourth-order valence-corrected chi connectivity index (χ4v) is 23.3. The Morgan fingerprint density at radius 2 is 0.350 bits per heavy atom. The van der Waals surface area contributed by atoms with Gasteiger partial charge in [-0.2, -0.15) is 0 Å². The highest BCUT2D eigenvalue weighted by molar-refractivity contribution is 6.25. The molecule has 0 fully saturated rings. The third kappa shape index (κ3) is 11.4. The molecule has 19 aromatic carbocycles. The molecule has 0 amide bonds. The lowest BCUT2D eigenvalue weighted by atomic mass is 9.99. The highest BCUT2D eigenvalue weighted by Crippen LogP contribution is 2.51. The normalized spacial score (nSPS) is 12.1. The molecule has 30 aromatic rings. The molecule has 0 unspecified atom stereocenters. The van der Waals surface area contributed by atoms with Crippen molar-refractivity contribution in [3.05, 3.63) is 468 Å². The van der Waals surface area contributed by atoms with E-state index >= 15 is 0 Å². The van der Waals surface area contributed by atoms with E-state index in [0.717, 1.165) is 227 Å². The maximum absolute atomic E-state index is 5.93. The van der Waals surface area contributed by atoms with Crippen molar-refractivity contribution in [1.29, 1.82) is 0 Å². The van der Waals surface area contributed by atoms with Gasteiger partial charge in [-0.1, -0.05) is 273 Å². The van der Waals surface area contributed by atoms with Crippen molar-refractivity contribution in [3.8, 4) is 102 Å². The van der Waals surface area contributed by atoms with Gasteiger partial charge in [0.2, 0.25) is 0 Å². The van der Waals surface area contributed by atoms with Crippen molar-refractivity contribution >= 4 is 174 Å². The van der Waals surface area contributed by atoms with Gasteiger partial charge in [-0.15, -0.1) is 0 Å². The SMILES string of the molecule is c1ccc(-c2nc(-c3ccc(-c4cnccc4-n4c5ccccc5c5cc6c7ccccc7n(-c7ccccc7)c6cc54)c(-n4c5ccccc5c5cc6c7ccccc7n(-c7ccccc7)c6cc54)c3)nc(-c3ccc(-c4cnccc4-n4c5ccccc5c5cc6c7ccccc7n(-c7ccccc7)c6cc54)c(-n4c5ccccc5c5cc6c7ccccc7n(-c7ccccc7)c6cc54)c3)n2)cc1. The molecule has 0 N–H and O–H groups in total. The molecule has 0 saturated carbocycles. The highest BCUT2D eigenvalue weighted by atomic mass is 15.1. The van der Waals surface area contributed by atoms with Crippen LogP contribution in [0.25, 0.3) is 276 Å². The van der Waals surface area contributed by atoms with Crippen molar-refractivity contribution in [3.63, 3.8) is 0 Å². The number of pyridine rings is 2. The van der Waals surface area contributed by atoms with Crippen LogP contribution in [0.5, 0.6) is 0 Å². The number of aromatic nitrogens is 13. The van der Waals surface area contributed by atoms with Gasteiger partial charge in [-0.3, -0.25) is 9.97 Å². The van der Waals surface area contributed by atoms with E-state index in [9.17, 15) is 0 Å². The summed E-state index contributed by atoms with van der Waals surface area (Å²) in [5.74, 6) is 1.49. The van der Waals surface area contributed by atoms with Crippen LogP contribution in [0.4, 0.5) is 0 Å². The summed E-state index contributed by atoms with van der Waals surface area (Å²) in [6.45, 7) is 0. The lowest BCUT2D eigenvalue weighted by molar-refractivity contribution is 1.07. The van der Waals surface area contributed by atoms with E-state index in [1.807, 2.05) is 18.5 Å².